The highest BCUT2D eigenvalue weighted by Gasteiger charge is 2.30. The summed E-state index contributed by atoms with van der Waals surface area (Å²) in [7, 11) is 0. The minimum atomic E-state index is 0.156. The SMILES string of the molecule is CCC(CO)N1CCN(C(=O)c2cccn2C2CC2)CC1. The standard InChI is InChI=1S/C16H25N3O2/c1-2-13(12-20)17-8-10-18(11-9-17)16(21)15-4-3-7-19(15)14-5-6-14/h3-4,7,13-14,20H,2,5-6,8-12H2,1H3. The van der Waals surface area contributed by atoms with Crippen molar-refractivity contribution in [3.8, 4) is 0 Å². The molecule has 0 aromatic carbocycles. The molecule has 1 aromatic heterocycles. The summed E-state index contributed by atoms with van der Waals surface area (Å²) in [6.45, 7) is 5.52. The van der Waals surface area contributed by atoms with E-state index < -0.39 is 0 Å². The Balaban J connectivity index is 1.61. The summed E-state index contributed by atoms with van der Waals surface area (Å²) in [5, 5.41) is 9.38. The Morgan fingerprint density at radius 2 is 2.05 bits per heavy atom. The molecule has 3 rings (SSSR count). The van der Waals surface area contributed by atoms with Crippen LogP contribution in [-0.2, 0) is 0 Å². The van der Waals surface area contributed by atoms with Crippen molar-refractivity contribution in [3.05, 3.63) is 24.0 Å². The summed E-state index contributed by atoms with van der Waals surface area (Å²) in [5.41, 5.74) is 0.833. The lowest BCUT2D eigenvalue weighted by atomic mass is 10.1. The fraction of sp³-hybridized carbons (Fsp3) is 0.688. The zero-order valence-electron chi connectivity index (χ0n) is 12.7. The highest BCUT2D eigenvalue weighted by atomic mass is 16.3. The second kappa shape index (κ2) is 6.20. The van der Waals surface area contributed by atoms with Gasteiger partial charge in [0.15, 0.2) is 0 Å². The van der Waals surface area contributed by atoms with E-state index in [9.17, 15) is 9.90 Å². The van der Waals surface area contributed by atoms with Crippen LogP contribution in [-0.4, -0.2) is 64.2 Å². The Bertz CT molecular complexity index is 483. The van der Waals surface area contributed by atoms with Crippen molar-refractivity contribution in [3.63, 3.8) is 0 Å². The molecule has 2 aliphatic rings. The molecule has 2 heterocycles. The number of rotatable bonds is 5. The van der Waals surface area contributed by atoms with Gasteiger partial charge in [0.25, 0.3) is 5.91 Å². The van der Waals surface area contributed by atoms with Gasteiger partial charge >= 0.3 is 0 Å². The molecule has 21 heavy (non-hydrogen) atoms. The summed E-state index contributed by atoms with van der Waals surface area (Å²) in [6.07, 6.45) is 5.36. The van der Waals surface area contributed by atoms with Crippen LogP contribution < -0.4 is 0 Å². The van der Waals surface area contributed by atoms with E-state index in [1.54, 1.807) is 0 Å². The fourth-order valence-electron chi connectivity index (χ4n) is 3.20. The molecule has 1 saturated carbocycles. The van der Waals surface area contributed by atoms with Gasteiger partial charge < -0.3 is 14.6 Å². The average molecular weight is 291 g/mol. The summed E-state index contributed by atoms with van der Waals surface area (Å²) < 4.78 is 2.14. The van der Waals surface area contributed by atoms with Crippen LogP contribution in [0.1, 0.15) is 42.7 Å². The van der Waals surface area contributed by atoms with Gasteiger partial charge in [-0.15, -0.1) is 0 Å². The monoisotopic (exact) mass is 291 g/mol. The van der Waals surface area contributed by atoms with Crippen molar-refractivity contribution in [1.82, 2.24) is 14.4 Å². The number of hydrogen-bond acceptors (Lipinski definition) is 3. The van der Waals surface area contributed by atoms with Crippen LogP contribution in [0.5, 0.6) is 0 Å². The molecule has 1 aliphatic heterocycles. The topological polar surface area (TPSA) is 48.7 Å². The number of aliphatic hydroxyl groups is 1. The number of amides is 1. The third-order valence-electron chi connectivity index (χ3n) is 4.74. The van der Waals surface area contributed by atoms with Gasteiger partial charge in [-0.1, -0.05) is 6.92 Å². The maximum Gasteiger partial charge on any atom is 0.270 e. The summed E-state index contributed by atoms with van der Waals surface area (Å²) in [4.78, 5) is 16.9. The molecule has 5 heteroatoms. The van der Waals surface area contributed by atoms with Gasteiger partial charge in [-0.25, -0.2) is 0 Å². The number of carbonyl (C=O) groups is 1. The smallest absolute Gasteiger partial charge is 0.270 e. The third kappa shape index (κ3) is 2.99. The second-order valence-corrected chi connectivity index (χ2v) is 6.10. The minimum absolute atomic E-state index is 0.156. The predicted octanol–water partition coefficient (Wildman–Crippen LogP) is 1.35. The van der Waals surface area contributed by atoms with Crippen molar-refractivity contribution in [2.45, 2.75) is 38.3 Å². The van der Waals surface area contributed by atoms with Gasteiger partial charge in [-0.05, 0) is 31.4 Å². The first kappa shape index (κ1) is 14.6. The van der Waals surface area contributed by atoms with Crippen LogP contribution in [0, 0.1) is 0 Å². The number of piperazine rings is 1. The van der Waals surface area contributed by atoms with E-state index in [2.05, 4.69) is 16.4 Å². The van der Waals surface area contributed by atoms with Crippen molar-refractivity contribution >= 4 is 5.91 Å². The molecule has 1 atom stereocenters. The number of carbonyl (C=O) groups excluding carboxylic acids is 1. The van der Waals surface area contributed by atoms with Crippen molar-refractivity contribution < 1.29 is 9.90 Å². The molecule has 1 amide bonds. The van der Waals surface area contributed by atoms with Gasteiger partial charge in [0.2, 0.25) is 0 Å². The van der Waals surface area contributed by atoms with E-state index in [1.807, 2.05) is 23.2 Å². The normalized spacial score (nSPS) is 21.5. The van der Waals surface area contributed by atoms with Crippen LogP contribution >= 0.6 is 0 Å². The third-order valence-corrected chi connectivity index (χ3v) is 4.74. The first-order chi connectivity index (χ1) is 10.2. The van der Waals surface area contributed by atoms with Crippen LogP contribution in [0.2, 0.25) is 0 Å². The van der Waals surface area contributed by atoms with Gasteiger partial charge in [-0.3, -0.25) is 9.69 Å². The van der Waals surface area contributed by atoms with E-state index in [0.717, 1.165) is 38.3 Å². The van der Waals surface area contributed by atoms with E-state index in [0.29, 0.717) is 6.04 Å². The average Bonchev–Trinajstić information content (AvgIpc) is 3.25. The Kier molecular flexibility index (Phi) is 4.31. The highest BCUT2D eigenvalue weighted by molar-refractivity contribution is 5.93. The Morgan fingerprint density at radius 3 is 2.62 bits per heavy atom. The zero-order chi connectivity index (χ0) is 14.8. The summed E-state index contributed by atoms with van der Waals surface area (Å²) in [6, 6.07) is 4.69. The molecule has 1 aromatic rings. The van der Waals surface area contributed by atoms with Gasteiger partial charge in [0.1, 0.15) is 5.69 Å². The second-order valence-electron chi connectivity index (χ2n) is 6.10. The van der Waals surface area contributed by atoms with Crippen LogP contribution in [0.3, 0.4) is 0 Å². The molecule has 1 unspecified atom stereocenters. The summed E-state index contributed by atoms with van der Waals surface area (Å²) >= 11 is 0. The van der Waals surface area contributed by atoms with Crippen LogP contribution in [0.25, 0.3) is 0 Å². The van der Waals surface area contributed by atoms with Gasteiger partial charge in [0.05, 0.1) is 6.61 Å². The Hall–Kier alpha value is -1.33. The van der Waals surface area contributed by atoms with Crippen LogP contribution in [0.4, 0.5) is 0 Å². The Labute approximate surface area is 126 Å². The van der Waals surface area contributed by atoms with Crippen molar-refractivity contribution in [1.29, 1.82) is 0 Å². The summed E-state index contributed by atoms with van der Waals surface area (Å²) in [5.74, 6) is 0.156. The molecule has 0 spiro atoms. The van der Waals surface area contributed by atoms with E-state index in [4.69, 9.17) is 0 Å². The molecule has 0 bridgehead atoms. The molecule has 1 aliphatic carbocycles. The van der Waals surface area contributed by atoms with E-state index in [1.165, 1.54) is 12.8 Å². The van der Waals surface area contributed by atoms with Crippen molar-refractivity contribution in [2.75, 3.05) is 32.8 Å². The van der Waals surface area contributed by atoms with E-state index >= 15 is 0 Å². The molecule has 0 radical (unpaired) electrons. The molecule has 1 N–H and O–H groups in total. The molecule has 1 saturated heterocycles. The highest BCUT2D eigenvalue weighted by Crippen LogP contribution is 2.36. The lowest BCUT2D eigenvalue weighted by molar-refractivity contribution is 0.0464. The minimum Gasteiger partial charge on any atom is -0.395 e. The zero-order valence-corrected chi connectivity index (χ0v) is 12.7. The molecule has 5 nitrogen and oxygen atoms in total. The fourth-order valence-corrected chi connectivity index (χ4v) is 3.20. The first-order valence-corrected chi connectivity index (χ1v) is 8.05. The van der Waals surface area contributed by atoms with Gasteiger partial charge in [-0.2, -0.15) is 0 Å². The number of aromatic nitrogens is 1. The molecule has 2 fully saturated rings. The number of hydrogen-bond donors (Lipinski definition) is 1. The predicted molar refractivity (Wildman–Crippen MR) is 81.3 cm³/mol. The largest absolute Gasteiger partial charge is 0.395 e. The Morgan fingerprint density at radius 1 is 1.33 bits per heavy atom. The maximum atomic E-state index is 12.7. The van der Waals surface area contributed by atoms with Crippen LogP contribution in [0.15, 0.2) is 18.3 Å². The first-order valence-electron chi connectivity index (χ1n) is 8.05. The maximum absolute atomic E-state index is 12.7. The quantitative estimate of drug-likeness (QED) is 0.891. The molecular formula is C16H25N3O2. The lowest BCUT2D eigenvalue weighted by Gasteiger charge is -2.38. The lowest BCUT2D eigenvalue weighted by Crippen LogP contribution is -2.52. The van der Waals surface area contributed by atoms with Crippen molar-refractivity contribution in [2.24, 2.45) is 0 Å². The number of nitrogens with zero attached hydrogens (tertiary/aromatic N) is 3. The van der Waals surface area contributed by atoms with Gasteiger partial charge in [0, 0.05) is 44.5 Å². The number of aliphatic hydroxyl groups excluding tert-OH is 1. The molecular weight excluding hydrogens is 266 g/mol. The van der Waals surface area contributed by atoms with E-state index in [-0.39, 0.29) is 18.6 Å². The molecule has 116 valence electrons.